The fourth-order valence-corrected chi connectivity index (χ4v) is 3.23. The Morgan fingerprint density at radius 2 is 1.80 bits per heavy atom. The summed E-state index contributed by atoms with van der Waals surface area (Å²) in [5, 5.41) is 0. The van der Waals surface area contributed by atoms with Crippen molar-refractivity contribution in [3.05, 3.63) is 50.7 Å². The van der Waals surface area contributed by atoms with E-state index in [2.05, 4.69) is 4.98 Å². The summed E-state index contributed by atoms with van der Waals surface area (Å²) in [6, 6.07) is 7.52. The molecule has 30 heavy (non-hydrogen) atoms. The zero-order valence-electron chi connectivity index (χ0n) is 18.1. The van der Waals surface area contributed by atoms with Gasteiger partial charge in [-0.2, -0.15) is 0 Å². The topological polar surface area (TPSA) is 110 Å². The molecular weight excluding hydrogens is 384 g/mol. The van der Waals surface area contributed by atoms with E-state index in [1.54, 1.807) is 7.11 Å². The van der Waals surface area contributed by atoms with Crippen LogP contribution in [0.2, 0.25) is 0 Å². The number of ether oxygens (including phenoxy) is 1. The van der Waals surface area contributed by atoms with E-state index in [-0.39, 0.29) is 23.8 Å². The van der Waals surface area contributed by atoms with Crippen LogP contribution in [-0.2, 0) is 17.8 Å². The third kappa shape index (κ3) is 5.75. The molecule has 0 saturated heterocycles. The van der Waals surface area contributed by atoms with Crippen LogP contribution in [0.5, 0.6) is 5.75 Å². The molecule has 2 aromatic rings. The first-order chi connectivity index (χ1) is 14.4. The lowest BCUT2D eigenvalue weighted by molar-refractivity contribution is -0.118. The molecule has 8 nitrogen and oxygen atoms in total. The van der Waals surface area contributed by atoms with Crippen molar-refractivity contribution in [1.29, 1.82) is 0 Å². The second kappa shape index (κ2) is 11.2. The Hall–Kier alpha value is -3.03. The molecule has 2 rings (SSSR count). The second-order valence-electron chi connectivity index (χ2n) is 7.25. The molecule has 0 saturated carbocycles. The first-order valence-electron chi connectivity index (χ1n) is 10.5. The van der Waals surface area contributed by atoms with Crippen molar-refractivity contribution < 1.29 is 9.53 Å². The normalized spacial score (nSPS) is 10.8. The molecule has 0 aliphatic heterocycles. The number of hydrogen-bond donors (Lipinski definition) is 2. The number of carbonyl (C=O) groups excluding carboxylic acids is 1. The number of carbonyl (C=O) groups is 1. The highest BCUT2D eigenvalue weighted by Gasteiger charge is 2.23. The SMILES string of the molecule is CCCCN(C(=O)CCc1ccc(OC)cc1)c1c(N)n(CCCC)c(=O)[nH]c1=O. The van der Waals surface area contributed by atoms with Crippen molar-refractivity contribution in [3.63, 3.8) is 0 Å². The van der Waals surface area contributed by atoms with Crippen molar-refractivity contribution in [1.82, 2.24) is 9.55 Å². The minimum absolute atomic E-state index is 0.0473. The molecule has 164 valence electrons. The molecule has 1 amide bonds. The highest BCUT2D eigenvalue weighted by Crippen LogP contribution is 2.20. The van der Waals surface area contributed by atoms with E-state index in [0.29, 0.717) is 19.5 Å². The molecule has 8 heteroatoms. The number of hydrogen-bond acceptors (Lipinski definition) is 5. The standard InChI is InChI=1S/C22H32N4O4/c1-4-6-14-25(18(27)13-10-16-8-11-17(30-3)12-9-16)19-20(23)26(15-7-5-2)22(29)24-21(19)28/h8-9,11-12H,4-7,10,13-15,23H2,1-3H3,(H,24,28,29). The lowest BCUT2D eigenvalue weighted by atomic mass is 10.1. The van der Waals surface area contributed by atoms with Crippen LogP contribution in [-0.4, -0.2) is 29.1 Å². The molecule has 0 radical (unpaired) electrons. The van der Waals surface area contributed by atoms with Crippen LogP contribution < -0.4 is 26.6 Å². The van der Waals surface area contributed by atoms with Crippen molar-refractivity contribution in [2.24, 2.45) is 0 Å². The van der Waals surface area contributed by atoms with Crippen LogP contribution in [0.4, 0.5) is 11.5 Å². The number of rotatable bonds is 11. The number of H-pyrrole nitrogens is 1. The Bertz CT molecular complexity index is 947. The average molecular weight is 417 g/mol. The van der Waals surface area contributed by atoms with E-state index >= 15 is 0 Å². The van der Waals surface area contributed by atoms with Crippen molar-refractivity contribution in [2.75, 3.05) is 24.3 Å². The molecule has 0 bridgehead atoms. The van der Waals surface area contributed by atoms with Gasteiger partial charge in [-0.1, -0.05) is 38.8 Å². The minimum atomic E-state index is -0.626. The Morgan fingerprint density at radius 1 is 1.13 bits per heavy atom. The van der Waals surface area contributed by atoms with Gasteiger partial charge in [0.1, 0.15) is 11.6 Å². The van der Waals surface area contributed by atoms with E-state index in [1.807, 2.05) is 38.1 Å². The highest BCUT2D eigenvalue weighted by atomic mass is 16.5. The fraction of sp³-hybridized carbons (Fsp3) is 0.500. The third-order valence-electron chi connectivity index (χ3n) is 5.04. The van der Waals surface area contributed by atoms with Crippen LogP contribution >= 0.6 is 0 Å². The summed E-state index contributed by atoms with van der Waals surface area (Å²) < 4.78 is 6.50. The molecule has 1 heterocycles. The number of nitrogens with zero attached hydrogens (tertiary/aromatic N) is 2. The highest BCUT2D eigenvalue weighted by molar-refractivity contribution is 5.95. The predicted molar refractivity (Wildman–Crippen MR) is 119 cm³/mol. The first-order valence-corrected chi connectivity index (χ1v) is 10.5. The summed E-state index contributed by atoms with van der Waals surface area (Å²) in [6.07, 6.45) is 3.95. The number of methoxy groups -OCH3 is 1. The van der Waals surface area contributed by atoms with Crippen LogP contribution in [0, 0.1) is 0 Å². The van der Waals surface area contributed by atoms with Gasteiger partial charge in [-0.05, 0) is 37.0 Å². The molecular formula is C22H32N4O4. The lowest BCUT2D eigenvalue weighted by Gasteiger charge is -2.24. The van der Waals surface area contributed by atoms with Crippen LogP contribution in [0.1, 0.15) is 51.5 Å². The summed E-state index contributed by atoms with van der Waals surface area (Å²) in [4.78, 5) is 41.6. The average Bonchev–Trinajstić information content (AvgIpc) is 2.74. The summed E-state index contributed by atoms with van der Waals surface area (Å²) in [5.74, 6) is 0.603. The number of nitrogens with two attached hydrogens (primary N) is 1. The maximum atomic E-state index is 13.1. The molecule has 0 aliphatic carbocycles. The molecule has 0 unspecified atom stereocenters. The van der Waals surface area contributed by atoms with Crippen LogP contribution in [0.15, 0.2) is 33.9 Å². The zero-order chi connectivity index (χ0) is 22.1. The van der Waals surface area contributed by atoms with Gasteiger partial charge in [0.2, 0.25) is 5.91 Å². The van der Waals surface area contributed by atoms with Crippen LogP contribution in [0.3, 0.4) is 0 Å². The van der Waals surface area contributed by atoms with Gasteiger partial charge in [0.15, 0.2) is 5.69 Å². The summed E-state index contributed by atoms with van der Waals surface area (Å²) in [6.45, 7) is 4.78. The molecule has 1 aromatic heterocycles. The number of aromatic nitrogens is 2. The Labute approximate surface area is 176 Å². The maximum Gasteiger partial charge on any atom is 0.330 e. The fourth-order valence-electron chi connectivity index (χ4n) is 3.23. The van der Waals surface area contributed by atoms with E-state index in [9.17, 15) is 14.4 Å². The molecule has 3 N–H and O–H groups in total. The Morgan fingerprint density at radius 3 is 2.40 bits per heavy atom. The second-order valence-corrected chi connectivity index (χ2v) is 7.25. The molecule has 0 spiro atoms. The van der Waals surface area contributed by atoms with Crippen molar-refractivity contribution >= 4 is 17.4 Å². The van der Waals surface area contributed by atoms with E-state index in [4.69, 9.17) is 10.5 Å². The largest absolute Gasteiger partial charge is 0.497 e. The lowest BCUT2D eigenvalue weighted by Crippen LogP contribution is -2.41. The number of benzene rings is 1. The molecule has 0 aliphatic rings. The van der Waals surface area contributed by atoms with Crippen LogP contribution in [0.25, 0.3) is 0 Å². The number of nitrogen functional groups attached to an aromatic ring is 1. The Balaban J connectivity index is 2.30. The quantitative estimate of drug-likeness (QED) is 0.585. The van der Waals surface area contributed by atoms with Gasteiger partial charge >= 0.3 is 5.69 Å². The third-order valence-corrected chi connectivity index (χ3v) is 5.04. The van der Waals surface area contributed by atoms with Gasteiger partial charge in [0.05, 0.1) is 7.11 Å². The molecule has 1 aromatic carbocycles. The summed E-state index contributed by atoms with van der Waals surface area (Å²) >= 11 is 0. The number of anilines is 2. The zero-order valence-corrected chi connectivity index (χ0v) is 18.1. The first kappa shape index (κ1) is 23.3. The number of nitrogens with one attached hydrogen (secondary N) is 1. The number of unbranched alkanes of at least 4 members (excludes halogenated alkanes) is 2. The van der Waals surface area contributed by atoms with Crippen molar-refractivity contribution in [3.8, 4) is 5.75 Å². The van der Waals surface area contributed by atoms with Gasteiger partial charge in [0, 0.05) is 19.5 Å². The van der Waals surface area contributed by atoms with Gasteiger partial charge in [-0.25, -0.2) is 4.79 Å². The van der Waals surface area contributed by atoms with E-state index in [1.165, 1.54) is 9.47 Å². The Kier molecular flexibility index (Phi) is 8.70. The molecule has 0 atom stereocenters. The van der Waals surface area contributed by atoms with Gasteiger partial charge in [-0.3, -0.25) is 19.1 Å². The monoisotopic (exact) mass is 416 g/mol. The van der Waals surface area contributed by atoms with E-state index in [0.717, 1.165) is 37.0 Å². The number of aryl methyl sites for hydroxylation is 1. The summed E-state index contributed by atoms with van der Waals surface area (Å²) in [7, 11) is 1.60. The predicted octanol–water partition coefficient (Wildman–Crippen LogP) is 2.69. The van der Waals surface area contributed by atoms with Gasteiger partial charge in [0.25, 0.3) is 5.56 Å². The summed E-state index contributed by atoms with van der Waals surface area (Å²) in [5.41, 5.74) is 6.10. The van der Waals surface area contributed by atoms with Gasteiger partial charge in [-0.15, -0.1) is 0 Å². The number of amides is 1. The smallest absolute Gasteiger partial charge is 0.330 e. The van der Waals surface area contributed by atoms with Crippen molar-refractivity contribution in [2.45, 2.75) is 58.9 Å². The van der Waals surface area contributed by atoms with Gasteiger partial charge < -0.3 is 15.4 Å². The van der Waals surface area contributed by atoms with E-state index < -0.39 is 11.2 Å². The molecule has 0 fully saturated rings. The minimum Gasteiger partial charge on any atom is -0.497 e. The maximum absolute atomic E-state index is 13.1. The number of aromatic amines is 1.